The van der Waals surface area contributed by atoms with Crippen LogP contribution in [0.4, 0.5) is 0 Å². The molecule has 0 radical (unpaired) electrons. The minimum absolute atomic E-state index is 0.0227. The van der Waals surface area contributed by atoms with Crippen molar-refractivity contribution in [2.75, 3.05) is 27.8 Å². The van der Waals surface area contributed by atoms with Gasteiger partial charge in [-0.1, -0.05) is 19.9 Å². The summed E-state index contributed by atoms with van der Waals surface area (Å²) in [6.07, 6.45) is 0. The first-order chi connectivity index (χ1) is 9.43. The summed E-state index contributed by atoms with van der Waals surface area (Å²) in [4.78, 5) is 13.1. The summed E-state index contributed by atoms with van der Waals surface area (Å²) in [5, 5.41) is 3.33. The number of hydrogen-bond acceptors (Lipinski definition) is 4. The second-order valence-electron chi connectivity index (χ2n) is 5.09. The van der Waals surface area contributed by atoms with Gasteiger partial charge in [-0.15, -0.1) is 0 Å². The van der Waals surface area contributed by atoms with Gasteiger partial charge in [-0.3, -0.25) is 4.79 Å². The third-order valence-electron chi connectivity index (χ3n) is 2.83. The van der Waals surface area contributed by atoms with Crippen LogP contribution in [-0.4, -0.2) is 44.7 Å². The third kappa shape index (κ3) is 5.09. The van der Waals surface area contributed by atoms with Gasteiger partial charge in [-0.2, -0.15) is 0 Å². The number of amides is 1. The lowest BCUT2D eigenvalue weighted by atomic mass is 10.2. The summed E-state index contributed by atoms with van der Waals surface area (Å²) in [6, 6.07) is 6.02. The Morgan fingerprint density at radius 2 is 2.05 bits per heavy atom. The van der Waals surface area contributed by atoms with Crippen LogP contribution in [0.5, 0.6) is 11.5 Å². The number of carbonyl (C=O) groups is 1. The van der Waals surface area contributed by atoms with Crippen LogP contribution in [0.15, 0.2) is 18.2 Å². The number of ether oxygens (including phenoxy) is 2. The Kier molecular flexibility index (Phi) is 6.31. The van der Waals surface area contributed by atoms with Crippen LogP contribution in [0.25, 0.3) is 0 Å². The fourth-order valence-electron chi connectivity index (χ4n) is 1.52. The maximum Gasteiger partial charge on any atom is 0.259 e. The Balaban J connectivity index is 2.80. The number of hydrogen-bond donors (Lipinski definition) is 1. The van der Waals surface area contributed by atoms with Crippen molar-refractivity contribution in [1.82, 2.24) is 10.2 Å². The van der Waals surface area contributed by atoms with E-state index in [1.165, 1.54) is 4.90 Å². The average molecular weight is 280 g/mol. The summed E-state index contributed by atoms with van der Waals surface area (Å²) in [7, 11) is 5.02. The number of carbonyl (C=O) groups excluding carboxylic acids is 1. The molecule has 0 aliphatic carbocycles. The van der Waals surface area contributed by atoms with Crippen molar-refractivity contribution >= 4 is 5.91 Å². The Bertz CT molecular complexity index is 445. The lowest BCUT2D eigenvalue weighted by Crippen LogP contribution is -2.28. The summed E-state index contributed by atoms with van der Waals surface area (Å²) >= 11 is 0. The van der Waals surface area contributed by atoms with Crippen molar-refractivity contribution < 1.29 is 14.3 Å². The predicted molar refractivity (Wildman–Crippen MR) is 79.2 cm³/mol. The molecule has 0 aliphatic rings. The zero-order chi connectivity index (χ0) is 15.1. The number of nitrogens with one attached hydrogen (secondary N) is 1. The molecule has 1 aromatic carbocycles. The van der Waals surface area contributed by atoms with Crippen molar-refractivity contribution in [3.8, 4) is 11.5 Å². The van der Waals surface area contributed by atoms with Gasteiger partial charge in [-0.25, -0.2) is 0 Å². The van der Waals surface area contributed by atoms with Crippen LogP contribution in [0, 0.1) is 0 Å². The van der Waals surface area contributed by atoms with E-state index in [4.69, 9.17) is 9.47 Å². The maximum absolute atomic E-state index is 11.6. The quantitative estimate of drug-likeness (QED) is 0.825. The van der Waals surface area contributed by atoms with Crippen LogP contribution in [0.3, 0.4) is 0 Å². The van der Waals surface area contributed by atoms with E-state index in [9.17, 15) is 4.79 Å². The topological polar surface area (TPSA) is 50.8 Å². The summed E-state index contributed by atoms with van der Waals surface area (Å²) in [5.74, 6) is 1.31. The Hall–Kier alpha value is -1.75. The van der Waals surface area contributed by atoms with Crippen LogP contribution < -0.4 is 14.8 Å². The monoisotopic (exact) mass is 280 g/mol. The first kappa shape index (κ1) is 16.3. The van der Waals surface area contributed by atoms with Crippen LogP contribution in [0.2, 0.25) is 0 Å². The molecule has 0 aliphatic heterocycles. The molecule has 1 rings (SSSR count). The number of likely N-dealkylation sites (N-methyl/N-ethyl adjacent to an activating group) is 1. The summed E-state index contributed by atoms with van der Waals surface area (Å²) < 4.78 is 10.8. The van der Waals surface area contributed by atoms with Crippen molar-refractivity contribution in [1.29, 1.82) is 0 Å². The largest absolute Gasteiger partial charge is 0.497 e. The average Bonchev–Trinajstić information content (AvgIpc) is 2.42. The Morgan fingerprint density at radius 1 is 1.35 bits per heavy atom. The lowest BCUT2D eigenvalue weighted by molar-refractivity contribution is -0.130. The molecule has 5 nitrogen and oxygen atoms in total. The van der Waals surface area contributed by atoms with Crippen molar-refractivity contribution in [3.05, 3.63) is 23.8 Å². The molecule has 0 saturated heterocycles. The van der Waals surface area contributed by atoms with Gasteiger partial charge in [0.2, 0.25) is 0 Å². The zero-order valence-corrected chi connectivity index (χ0v) is 12.9. The highest BCUT2D eigenvalue weighted by atomic mass is 16.5. The van der Waals surface area contributed by atoms with Gasteiger partial charge in [0.15, 0.2) is 6.61 Å². The Morgan fingerprint density at radius 3 is 2.60 bits per heavy atom. The van der Waals surface area contributed by atoms with Gasteiger partial charge >= 0.3 is 0 Å². The van der Waals surface area contributed by atoms with Gasteiger partial charge < -0.3 is 19.7 Å². The predicted octanol–water partition coefficient (Wildman–Crippen LogP) is 1.66. The minimum atomic E-state index is -0.0735. The van der Waals surface area contributed by atoms with E-state index >= 15 is 0 Å². The fraction of sp³-hybridized carbons (Fsp3) is 0.533. The molecule has 0 spiro atoms. The molecule has 20 heavy (non-hydrogen) atoms. The highest BCUT2D eigenvalue weighted by molar-refractivity contribution is 5.77. The minimum Gasteiger partial charge on any atom is -0.497 e. The first-order valence-electron chi connectivity index (χ1n) is 6.67. The second kappa shape index (κ2) is 7.75. The number of benzene rings is 1. The van der Waals surface area contributed by atoms with Crippen LogP contribution >= 0.6 is 0 Å². The van der Waals surface area contributed by atoms with Crippen molar-refractivity contribution in [2.45, 2.75) is 26.4 Å². The van der Waals surface area contributed by atoms with Gasteiger partial charge in [0.1, 0.15) is 11.5 Å². The molecule has 0 bridgehead atoms. The SMILES string of the molecule is COc1ccc(CNC(C)C)c(OCC(=O)N(C)C)c1. The fourth-order valence-corrected chi connectivity index (χ4v) is 1.52. The molecule has 0 unspecified atom stereocenters. The molecule has 0 aromatic heterocycles. The molecule has 1 amide bonds. The molecule has 1 N–H and O–H groups in total. The highest BCUT2D eigenvalue weighted by Gasteiger charge is 2.10. The van der Waals surface area contributed by atoms with Crippen molar-refractivity contribution in [2.24, 2.45) is 0 Å². The molecule has 0 atom stereocenters. The third-order valence-corrected chi connectivity index (χ3v) is 2.83. The smallest absolute Gasteiger partial charge is 0.259 e. The van der Waals surface area contributed by atoms with E-state index in [-0.39, 0.29) is 12.5 Å². The molecule has 5 heteroatoms. The lowest BCUT2D eigenvalue weighted by Gasteiger charge is -2.16. The molecule has 0 saturated carbocycles. The maximum atomic E-state index is 11.6. The van der Waals surface area contributed by atoms with Gasteiger partial charge in [0.25, 0.3) is 5.91 Å². The highest BCUT2D eigenvalue weighted by Crippen LogP contribution is 2.25. The van der Waals surface area contributed by atoms with E-state index in [0.717, 1.165) is 5.56 Å². The Labute approximate surface area is 120 Å². The number of rotatable bonds is 7. The second-order valence-corrected chi connectivity index (χ2v) is 5.09. The van der Waals surface area contributed by atoms with E-state index < -0.39 is 0 Å². The van der Waals surface area contributed by atoms with E-state index in [2.05, 4.69) is 19.2 Å². The molecular weight excluding hydrogens is 256 g/mol. The van der Waals surface area contributed by atoms with E-state index in [0.29, 0.717) is 24.1 Å². The van der Waals surface area contributed by atoms with E-state index in [1.54, 1.807) is 27.3 Å². The molecule has 112 valence electrons. The standard InChI is InChI=1S/C15H24N2O3/c1-11(2)16-9-12-6-7-13(19-5)8-14(12)20-10-15(18)17(3)4/h6-8,11,16H,9-10H2,1-5H3. The molecular formula is C15H24N2O3. The van der Waals surface area contributed by atoms with Gasteiger partial charge in [0.05, 0.1) is 7.11 Å². The zero-order valence-electron chi connectivity index (χ0n) is 12.9. The van der Waals surface area contributed by atoms with Crippen LogP contribution in [-0.2, 0) is 11.3 Å². The van der Waals surface area contributed by atoms with Gasteiger partial charge in [-0.05, 0) is 6.07 Å². The summed E-state index contributed by atoms with van der Waals surface area (Å²) in [6.45, 7) is 4.88. The molecule has 1 aromatic rings. The molecule has 0 fully saturated rings. The van der Waals surface area contributed by atoms with Crippen LogP contribution in [0.1, 0.15) is 19.4 Å². The molecule has 0 heterocycles. The first-order valence-corrected chi connectivity index (χ1v) is 6.67. The van der Waals surface area contributed by atoms with Gasteiger partial charge in [0, 0.05) is 38.3 Å². The normalized spacial score (nSPS) is 10.5. The van der Waals surface area contributed by atoms with E-state index in [1.807, 2.05) is 12.1 Å². The van der Waals surface area contributed by atoms with Crippen molar-refractivity contribution in [3.63, 3.8) is 0 Å². The number of nitrogens with zero attached hydrogens (tertiary/aromatic N) is 1. The summed E-state index contributed by atoms with van der Waals surface area (Å²) in [5.41, 5.74) is 1.01. The number of methoxy groups -OCH3 is 1.